The maximum Gasteiger partial charge on any atom is 0.164 e. The Morgan fingerprint density at radius 3 is 1.81 bits per heavy atom. The molecule has 0 amide bonds. The van der Waals surface area contributed by atoms with Crippen molar-refractivity contribution in [2.45, 2.75) is 0 Å². The van der Waals surface area contributed by atoms with Crippen molar-refractivity contribution in [1.29, 1.82) is 0 Å². The molecule has 0 aliphatic carbocycles. The maximum absolute atomic E-state index is 6.85. The Morgan fingerprint density at radius 1 is 0.327 bits per heavy atom. The summed E-state index contributed by atoms with van der Waals surface area (Å²) in [6.07, 6.45) is 0. The third-order valence-corrected chi connectivity index (χ3v) is 10.1. The van der Waals surface area contributed by atoms with Crippen LogP contribution in [0.2, 0.25) is 0 Å². The first-order valence-electron chi connectivity index (χ1n) is 17.3. The number of para-hydroxylation sites is 1. The van der Waals surface area contributed by atoms with Crippen LogP contribution in [-0.2, 0) is 0 Å². The summed E-state index contributed by atoms with van der Waals surface area (Å²) in [5.74, 6) is 1.76. The van der Waals surface area contributed by atoms with Gasteiger partial charge in [0.2, 0.25) is 0 Å². The molecule has 242 valence electrons. The van der Waals surface area contributed by atoms with Crippen LogP contribution in [0.1, 0.15) is 0 Å². The highest BCUT2D eigenvalue weighted by atomic mass is 16.3. The van der Waals surface area contributed by atoms with Crippen LogP contribution in [0.4, 0.5) is 0 Å². The molecule has 5 heteroatoms. The fraction of sp³-hybridized carbons (Fsp3) is 0. The summed E-state index contributed by atoms with van der Waals surface area (Å²) in [7, 11) is 0. The molecule has 0 spiro atoms. The van der Waals surface area contributed by atoms with E-state index in [9.17, 15) is 0 Å². The van der Waals surface area contributed by atoms with E-state index in [0.717, 1.165) is 82.5 Å². The zero-order chi connectivity index (χ0) is 34.2. The second-order valence-electron chi connectivity index (χ2n) is 13.2. The van der Waals surface area contributed by atoms with Crippen molar-refractivity contribution in [2.24, 2.45) is 0 Å². The minimum atomic E-state index is 0.576. The summed E-state index contributed by atoms with van der Waals surface area (Å²) in [6.45, 7) is 0. The molecule has 0 radical (unpaired) electrons. The Hall–Kier alpha value is -7.11. The van der Waals surface area contributed by atoms with Crippen LogP contribution in [0.5, 0.6) is 0 Å². The topological polar surface area (TPSA) is 65.0 Å². The van der Waals surface area contributed by atoms with Gasteiger partial charge in [-0.2, -0.15) is 0 Å². The third-order valence-electron chi connectivity index (χ3n) is 10.1. The van der Waals surface area contributed by atoms with Crippen molar-refractivity contribution in [3.05, 3.63) is 164 Å². The predicted molar refractivity (Wildman–Crippen MR) is 211 cm³/mol. The highest BCUT2D eigenvalue weighted by Crippen LogP contribution is 2.43. The second-order valence-corrected chi connectivity index (χ2v) is 13.2. The van der Waals surface area contributed by atoms with Crippen LogP contribution in [0, 0.1) is 0 Å². The Kier molecular flexibility index (Phi) is 6.18. The van der Waals surface area contributed by atoms with Gasteiger partial charge in [0.05, 0.1) is 0 Å². The third kappa shape index (κ3) is 4.53. The van der Waals surface area contributed by atoms with Crippen LogP contribution in [0.3, 0.4) is 0 Å². The lowest BCUT2D eigenvalue weighted by Crippen LogP contribution is -2.00. The van der Waals surface area contributed by atoms with Gasteiger partial charge >= 0.3 is 0 Å². The van der Waals surface area contributed by atoms with E-state index in [-0.39, 0.29) is 0 Å². The van der Waals surface area contributed by atoms with E-state index in [0.29, 0.717) is 17.5 Å². The van der Waals surface area contributed by atoms with Crippen molar-refractivity contribution < 1.29 is 8.83 Å². The Bertz CT molecular complexity index is 3190. The largest absolute Gasteiger partial charge is 0.456 e. The van der Waals surface area contributed by atoms with Crippen LogP contribution in [-0.4, -0.2) is 15.0 Å². The molecule has 52 heavy (non-hydrogen) atoms. The van der Waals surface area contributed by atoms with Gasteiger partial charge in [-0.05, 0) is 81.7 Å². The van der Waals surface area contributed by atoms with E-state index in [4.69, 9.17) is 23.8 Å². The van der Waals surface area contributed by atoms with Gasteiger partial charge in [-0.1, -0.05) is 109 Å². The number of furan rings is 2. The molecule has 0 N–H and O–H groups in total. The minimum Gasteiger partial charge on any atom is -0.456 e. The number of aromatic nitrogens is 3. The van der Waals surface area contributed by atoms with Crippen molar-refractivity contribution in [3.8, 4) is 45.3 Å². The maximum atomic E-state index is 6.85. The summed E-state index contributed by atoms with van der Waals surface area (Å²) < 4.78 is 13.0. The molecule has 0 aliphatic heterocycles. The van der Waals surface area contributed by atoms with Crippen LogP contribution in [0.25, 0.3) is 111 Å². The summed E-state index contributed by atoms with van der Waals surface area (Å²) >= 11 is 0. The lowest BCUT2D eigenvalue weighted by molar-refractivity contribution is 0.669. The zero-order valence-electron chi connectivity index (χ0n) is 27.7. The van der Waals surface area contributed by atoms with E-state index in [1.165, 1.54) is 10.8 Å². The molecule has 0 aliphatic rings. The summed E-state index contributed by atoms with van der Waals surface area (Å²) in [5.41, 5.74) is 8.06. The van der Waals surface area contributed by atoms with Gasteiger partial charge in [0.1, 0.15) is 22.3 Å². The Morgan fingerprint density at radius 2 is 0.962 bits per heavy atom. The first-order valence-corrected chi connectivity index (χ1v) is 17.3. The molecule has 0 unspecified atom stereocenters. The molecule has 8 aromatic carbocycles. The molecule has 3 heterocycles. The highest BCUT2D eigenvalue weighted by molar-refractivity contribution is 6.18. The summed E-state index contributed by atoms with van der Waals surface area (Å²) in [4.78, 5) is 15.4. The summed E-state index contributed by atoms with van der Waals surface area (Å²) in [5, 5.41) is 8.70. The van der Waals surface area contributed by atoms with Crippen LogP contribution in [0.15, 0.2) is 173 Å². The predicted octanol–water partition coefficient (Wildman–Crippen LogP) is 12.6. The lowest BCUT2D eigenvalue weighted by atomic mass is 9.96. The first kappa shape index (κ1) is 28.7. The molecule has 0 atom stereocenters. The smallest absolute Gasteiger partial charge is 0.164 e. The van der Waals surface area contributed by atoms with Gasteiger partial charge in [-0.3, -0.25) is 0 Å². The monoisotopic (exact) mass is 665 g/mol. The molecular weight excluding hydrogens is 639 g/mol. The lowest BCUT2D eigenvalue weighted by Gasteiger charge is -2.11. The molecule has 11 rings (SSSR count). The molecule has 0 saturated heterocycles. The van der Waals surface area contributed by atoms with Gasteiger partial charge in [-0.15, -0.1) is 0 Å². The number of rotatable bonds is 4. The van der Waals surface area contributed by atoms with Gasteiger partial charge < -0.3 is 8.83 Å². The van der Waals surface area contributed by atoms with Gasteiger partial charge in [0, 0.05) is 43.8 Å². The normalized spacial score (nSPS) is 11.8. The second kappa shape index (κ2) is 11.2. The molecule has 0 fully saturated rings. The molecule has 0 bridgehead atoms. The van der Waals surface area contributed by atoms with Crippen LogP contribution >= 0.6 is 0 Å². The average molecular weight is 666 g/mol. The van der Waals surface area contributed by atoms with Gasteiger partial charge in [-0.25, -0.2) is 15.0 Å². The van der Waals surface area contributed by atoms with Crippen molar-refractivity contribution in [2.75, 3.05) is 0 Å². The Labute approximate surface area is 297 Å². The van der Waals surface area contributed by atoms with Crippen molar-refractivity contribution >= 4 is 65.4 Å². The number of fused-ring (bicyclic) bond motifs is 8. The van der Waals surface area contributed by atoms with E-state index in [2.05, 4.69) is 103 Å². The molecule has 3 aromatic heterocycles. The molecular formula is C47H27N3O2. The average Bonchev–Trinajstić information content (AvgIpc) is 3.77. The fourth-order valence-corrected chi connectivity index (χ4v) is 7.54. The van der Waals surface area contributed by atoms with Gasteiger partial charge in [0.25, 0.3) is 0 Å². The first-order chi connectivity index (χ1) is 25.7. The zero-order valence-corrected chi connectivity index (χ0v) is 27.7. The molecule has 0 saturated carbocycles. The van der Waals surface area contributed by atoms with E-state index < -0.39 is 0 Å². The number of benzene rings is 8. The van der Waals surface area contributed by atoms with E-state index >= 15 is 0 Å². The summed E-state index contributed by atoms with van der Waals surface area (Å²) in [6, 6.07) is 56.4. The van der Waals surface area contributed by atoms with Crippen molar-refractivity contribution in [3.63, 3.8) is 0 Å². The minimum absolute atomic E-state index is 0.576. The van der Waals surface area contributed by atoms with Crippen LogP contribution < -0.4 is 0 Å². The highest BCUT2D eigenvalue weighted by Gasteiger charge is 2.22. The van der Waals surface area contributed by atoms with Gasteiger partial charge in [0.15, 0.2) is 17.5 Å². The van der Waals surface area contributed by atoms with E-state index in [1.807, 2.05) is 60.7 Å². The molecule has 11 aromatic rings. The fourth-order valence-electron chi connectivity index (χ4n) is 7.54. The SMILES string of the molecule is c1ccc(-c2nc(-c3ccc4oc5ccccc5c4c3)nc(-c3ccc(-c4ccc5ccccc5c4)c4oc5cc6ccccc6cc5c34)n2)cc1. The Balaban J connectivity index is 1.19. The number of hydrogen-bond acceptors (Lipinski definition) is 5. The number of nitrogens with zero attached hydrogens (tertiary/aromatic N) is 3. The quantitative estimate of drug-likeness (QED) is 0.187. The standard InChI is InChI=1S/C47H27N3O2/c1-2-11-29(12-3-1)45-48-46(34-20-23-41-38(26-34)36-16-8-9-17-40(36)51-41)50-47(49-45)37-22-21-35(33-19-18-28-10-4-5-13-30(28)24-33)44-43(37)39-25-31-14-6-7-15-32(31)27-42(39)52-44/h1-27H. The number of hydrogen-bond donors (Lipinski definition) is 0. The van der Waals surface area contributed by atoms with Crippen molar-refractivity contribution in [1.82, 2.24) is 15.0 Å². The molecule has 5 nitrogen and oxygen atoms in total. The van der Waals surface area contributed by atoms with E-state index in [1.54, 1.807) is 0 Å².